The largest absolute Gasteiger partial charge is 0.309 e. The van der Waals surface area contributed by atoms with Crippen LogP contribution in [0.3, 0.4) is 0 Å². The standard InChI is InChI=1S/C31H22N2O3PS/c34-37(23-14-6-2-7-15-23,24-16-8-3-9-17-24)25-20-27-30-29(21-25)38(35,36)28-19-11-10-18-26(28)31(30)33(32-27)22-12-4-1-5-13-22/h1-21,31H/q+1. The maximum absolute atomic E-state index is 15.1. The molecule has 0 aromatic heterocycles. The third-order valence-corrected chi connectivity index (χ3v) is 12.2. The maximum Gasteiger partial charge on any atom is 0.240 e. The van der Waals surface area contributed by atoms with Gasteiger partial charge in [-0.2, -0.15) is 0 Å². The summed E-state index contributed by atoms with van der Waals surface area (Å²) in [5, 5.41) is 6.68. The number of nitrogens with zero attached hydrogens (tertiary/aromatic N) is 2. The van der Waals surface area contributed by atoms with Crippen LogP contribution in [0.25, 0.3) is 0 Å². The molecule has 2 aliphatic rings. The predicted molar refractivity (Wildman–Crippen MR) is 148 cm³/mol. The molecule has 0 bridgehead atoms. The molecule has 2 aliphatic heterocycles. The molecule has 7 heteroatoms. The number of azo groups is 2. The Morgan fingerprint density at radius 2 is 1.18 bits per heavy atom. The van der Waals surface area contributed by atoms with Crippen LogP contribution in [0, 0.1) is 0 Å². The summed E-state index contributed by atoms with van der Waals surface area (Å²) in [6, 6.07) is 38.4. The fourth-order valence-electron chi connectivity index (χ4n) is 5.52. The molecule has 0 aliphatic carbocycles. The summed E-state index contributed by atoms with van der Waals surface area (Å²) in [6.45, 7) is 0. The lowest BCUT2D eigenvalue weighted by Crippen LogP contribution is -2.27. The quantitative estimate of drug-likeness (QED) is 0.210. The molecule has 0 fully saturated rings. The van der Waals surface area contributed by atoms with Gasteiger partial charge in [-0.3, -0.25) is 0 Å². The third-order valence-electron chi connectivity index (χ3n) is 7.26. The summed E-state index contributed by atoms with van der Waals surface area (Å²) in [6.07, 6.45) is 0. The van der Waals surface area contributed by atoms with Crippen LogP contribution in [-0.2, 0) is 14.4 Å². The molecule has 0 spiro atoms. The van der Waals surface area contributed by atoms with Crippen LogP contribution in [-0.4, -0.2) is 13.1 Å². The molecular formula is C31H22N2O3PS+. The molecule has 7 rings (SSSR count). The first-order valence-corrected chi connectivity index (χ1v) is 15.5. The van der Waals surface area contributed by atoms with Gasteiger partial charge in [0.05, 0.1) is 15.4 Å². The van der Waals surface area contributed by atoms with E-state index in [9.17, 15) is 8.42 Å². The van der Waals surface area contributed by atoms with E-state index in [0.29, 0.717) is 32.7 Å². The predicted octanol–water partition coefficient (Wildman–Crippen LogP) is 6.00. The fourth-order valence-corrected chi connectivity index (χ4v) is 10.1. The van der Waals surface area contributed by atoms with Crippen molar-refractivity contribution in [3.05, 3.63) is 139 Å². The lowest BCUT2D eigenvalue weighted by Gasteiger charge is -2.24. The van der Waals surface area contributed by atoms with Gasteiger partial charge >= 0.3 is 0 Å². The summed E-state index contributed by atoms with van der Waals surface area (Å²) in [4.78, 5) is 0.427. The smallest absolute Gasteiger partial charge is 0.240 e. The van der Waals surface area contributed by atoms with Crippen LogP contribution < -0.4 is 15.9 Å². The SMILES string of the molecule is O=P(c1ccccc1)(c1ccccc1)c1cc2c3c(c1)S(=O)(=O)c1ccccc1C3[N+](c1ccccc1)=N2. The summed E-state index contributed by atoms with van der Waals surface area (Å²) < 4.78 is 45.2. The Kier molecular flexibility index (Phi) is 5.12. The van der Waals surface area contributed by atoms with Crippen molar-refractivity contribution in [3.63, 3.8) is 0 Å². The fraction of sp³-hybridized carbons (Fsp3) is 0.0323. The molecule has 0 amide bonds. The Morgan fingerprint density at radius 3 is 1.82 bits per heavy atom. The summed E-state index contributed by atoms with van der Waals surface area (Å²) in [7, 11) is -7.30. The zero-order valence-electron chi connectivity index (χ0n) is 20.2. The Bertz CT molecular complexity index is 1860. The van der Waals surface area contributed by atoms with Crippen LogP contribution in [0.15, 0.2) is 142 Å². The Labute approximate surface area is 221 Å². The van der Waals surface area contributed by atoms with Crippen molar-refractivity contribution in [3.8, 4) is 0 Å². The van der Waals surface area contributed by atoms with Crippen LogP contribution in [0.2, 0.25) is 0 Å². The van der Waals surface area contributed by atoms with E-state index in [1.54, 1.807) is 18.2 Å². The Balaban J connectivity index is 1.57. The number of benzene rings is 5. The second-order valence-corrected chi connectivity index (χ2v) is 14.0. The number of fused-ring (bicyclic) bond motifs is 2. The average Bonchev–Trinajstić information content (AvgIpc) is 3.37. The Morgan fingerprint density at radius 1 is 0.632 bits per heavy atom. The van der Waals surface area contributed by atoms with Crippen molar-refractivity contribution >= 4 is 44.3 Å². The minimum atomic E-state index is -3.88. The van der Waals surface area contributed by atoms with E-state index in [1.807, 2.05) is 114 Å². The van der Waals surface area contributed by atoms with Crippen molar-refractivity contribution in [1.29, 1.82) is 0 Å². The lowest BCUT2D eigenvalue weighted by atomic mass is 9.97. The molecule has 0 radical (unpaired) electrons. The monoisotopic (exact) mass is 533 g/mol. The van der Waals surface area contributed by atoms with Gasteiger partial charge in [-0.05, 0) is 18.2 Å². The van der Waals surface area contributed by atoms with Gasteiger partial charge < -0.3 is 4.57 Å². The third kappa shape index (κ3) is 3.24. The van der Waals surface area contributed by atoms with Crippen molar-refractivity contribution in [2.24, 2.45) is 5.11 Å². The highest BCUT2D eigenvalue weighted by atomic mass is 32.2. The van der Waals surface area contributed by atoms with Gasteiger partial charge in [0, 0.05) is 38.7 Å². The molecule has 38 heavy (non-hydrogen) atoms. The molecule has 1 unspecified atom stereocenters. The number of hydrogen-bond acceptors (Lipinski definition) is 4. The molecule has 5 aromatic rings. The van der Waals surface area contributed by atoms with E-state index in [1.165, 1.54) is 0 Å². The maximum atomic E-state index is 15.1. The number of rotatable bonds is 4. The zero-order chi connectivity index (χ0) is 25.9. The Hall–Kier alpha value is -4.12. The highest BCUT2D eigenvalue weighted by Crippen LogP contribution is 2.53. The minimum absolute atomic E-state index is 0.169. The van der Waals surface area contributed by atoms with Crippen molar-refractivity contribution in [2.75, 3.05) is 0 Å². The molecule has 0 saturated heterocycles. The van der Waals surface area contributed by atoms with Crippen molar-refractivity contribution in [2.45, 2.75) is 15.8 Å². The zero-order valence-corrected chi connectivity index (χ0v) is 21.9. The molecule has 0 N–H and O–H groups in total. The van der Waals surface area contributed by atoms with Gasteiger partial charge in [0.25, 0.3) is 0 Å². The summed E-state index contributed by atoms with van der Waals surface area (Å²) in [5.74, 6) is 0. The van der Waals surface area contributed by atoms with Gasteiger partial charge in [-0.15, -0.1) is 0 Å². The molecule has 5 aromatic carbocycles. The van der Waals surface area contributed by atoms with E-state index >= 15 is 4.57 Å². The van der Waals surface area contributed by atoms with Gasteiger partial charge in [0.2, 0.25) is 21.6 Å². The number of hydrogen-bond donors (Lipinski definition) is 0. The summed E-state index contributed by atoms with van der Waals surface area (Å²) >= 11 is 0. The second kappa shape index (κ2) is 8.45. The van der Waals surface area contributed by atoms with E-state index in [0.717, 1.165) is 5.69 Å². The van der Waals surface area contributed by atoms with Gasteiger partial charge in [0.15, 0.2) is 7.14 Å². The molecule has 2 heterocycles. The minimum Gasteiger partial charge on any atom is -0.309 e. The second-order valence-electron chi connectivity index (χ2n) is 9.38. The van der Waals surface area contributed by atoms with Crippen LogP contribution in [0.4, 0.5) is 11.4 Å². The van der Waals surface area contributed by atoms with Gasteiger partial charge in [-0.1, -0.05) is 102 Å². The topological polar surface area (TPSA) is 66.6 Å². The first-order valence-electron chi connectivity index (χ1n) is 12.3. The molecule has 1 atom stereocenters. The molecule has 0 saturated carbocycles. The van der Waals surface area contributed by atoms with Crippen LogP contribution in [0.1, 0.15) is 17.2 Å². The van der Waals surface area contributed by atoms with E-state index in [-0.39, 0.29) is 9.79 Å². The van der Waals surface area contributed by atoms with E-state index < -0.39 is 23.0 Å². The van der Waals surface area contributed by atoms with Gasteiger partial charge in [-0.25, -0.2) is 8.42 Å². The molecule has 184 valence electrons. The molecule has 5 nitrogen and oxygen atoms in total. The first kappa shape index (κ1) is 23.0. The van der Waals surface area contributed by atoms with Gasteiger partial charge in [0.1, 0.15) is 5.69 Å². The normalized spacial score (nSPS) is 16.8. The summed E-state index contributed by atoms with van der Waals surface area (Å²) in [5.41, 5.74) is 2.69. The molecular weight excluding hydrogens is 511 g/mol. The lowest BCUT2D eigenvalue weighted by molar-refractivity contribution is -0.537. The highest BCUT2D eigenvalue weighted by Gasteiger charge is 2.49. The van der Waals surface area contributed by atoms with E-state index in [2.05, 4.69) is 0 Å². The van der Waals surface area contributed by atoms with Crippen molar-refractivity contribution < 1.29 is 17.7 Å². The highest BCUT2D eigenvalue weighted by molar-refractivity contribution is 7.91. The van der Waals surface area contributed by atoms with Crippen LogP contribution in [0.5, 0.6) is 0 Å². The van der Waals surface area contributed by atoms with Crippen LogP contribution >= 0.6 is 7.14 Å². The average molecular weight is 534 g/mol. The number of sulfone groups is 1. The number of para-hydroxylation sites is 1. The first-order chi connectivity index (χ1) is 18.5. The van der Waals surface area contributed by atoms with Crippen molar-refractivity contribution in [1.82, 2.24) is 0 Å². The van der Waals surface area contributed by atoms with E-state index in [4.69, 9.17) is 5.11 Å².